The Labute approximate surface area is 82.1 Å². The Morgan fingerprint density at radius 3 is 2.57 bits per heavy atom. The van der Waals surface area contributed by atoms with Crippen molar-refractivity contribution in [2.75, 3.05) is 6.54 Å². The lowest BCUT2D eigenvalue weighted by atomic mass is 10.2. The monoisotopic (exact) mass is 198 g/mol. The van der Waals surface area contributed by atoms with E-state index in [0.717, 1.165) is 19.3 Å². The van der Waals surface area contributed by atoms with Gasteiger partial charge < -0.3 is 10.4 Å². The summed E-state index contributed by atoms with van der Waals surface area (Å²) in [5.41, 5.74) is 0. The van der Waals surface area contributed by atoms with Crippen LogP contribution in [0.3, 0.4) is 0 Å². The van der Waals surface area contributed by atoms with E-state index in [4.69, 9.17) is 5.11 Å². The minimum absolute atomic E-state index is 0.118. The number of nitrogens with zero attached hydrogens (tertiary/aromatic N) is 1. The van der Waals surface area contributed by atoms with E-state index >= 15 is 0 Å². The van der Waals surface area contributed by atoms with Crippen molar-refractivity contribution in [2.24, 2.45) is 0 Å². The summed E-state index contributed by atoms with van der Waals surface area (Å²) in [6, 6.07) is -0.146. The number of amides is 2. The lowest BCUT2D eigenvalue weighted by molar-refractivity contribution is -0.125. The van der Waals surface area contributed by atoms with Crippen molar-refractivity contribution in [3.8, 4) is 0 Å². The Balaban J connectivity index is 1.93. The second-order valence-electron chi connectivity index (χ2n) is 3.92. The molecule has 1 saturated heterocycles. The van der Waals surface area contributed by atoms with Crippen LogP contribution in [0.4, 0.5) is 4.79 Å². The number of rotatable bonds is 2. The molecule has 0 aromatic rings. The van der Waals surface area contributed by atoms with E-state index in [9.17, 15) is 9.59 Å². The van der Waals surface area contributed by atoms with E-state index in [1.807, 2.05) is 0 Å². The van der Waals surface area contributed by atoms with E-state index in [1.54, 1.807) is 0 Å². The van der Waals surface area contributed by atoms with Gasteiger partial charge >= 0.3 is 6.09 Å². The first-order chi connectivity index (χ1) is 6.68. The first-order valence-corrected chi connectivity index (χ1v) is 4.98. The molecule has 2 amide bonds. The highest BCUT2D eigenvalue weighted by Gasteiger charge is 2.36. The molecule has 0 aromatic carbocycles. The normalized spacial score (nSPS) is 26.3. The third-order valence-electron chi connectivity index (χ3n) is 2.72. The first-order valence-electron chi connectivity index (χ1n) is 4.98. The van der Waals surface area contributed by atoms with Gasteiger partial charge in [-0.05, 0) is 25.7 Å². The molecule has 2 aliphatic rings. The molecule has 2 fully saturated rings. The molecular formula is C9H14N2O3. The standard InChI is InChI=1S/C9H14N2O3/c12-8(10-6-3-4-6)7-2-1-5-11(7)9(13)14/h6-7H,1-5H2,(H,10,12)(H,13,14)/t7-/m0/s1. The van der Waals surface area contributed by atoms with E-state index in [2.05, 4.69) is 5.32 Å². The highest BCUT2D eigenvalue weighted by atomic mass is 16.4. The number of carbonyl (C=O) groups is 2. The fourth-order valence-electron chi connectivity index (χ4n) is 1.79. The Morgan fingerprint density at radius 2 is 2.00 bits per heavy atom. The van der Waals surface area contributed by atoms with Gasteiger partial charge in [0.1, 0.15) is 6.04 Å². The predicted octanol–water partition coefficient (Wildman–Crippen LogP) is 0.407. The molecule has 1 saturated carbocycles. The Bertz CT molecular complexity index is 263. The van der Waals surface area contributed by atoms with Crippen LogP contribution in [0.15, 0.2) is 0 Å². The number of nitrogens with one attached hydrogen (secondary N) is 1. The minimum Gasteiger partial charge on any atom is -0.465 e. The molecule has 0 spiro atoms. The molecule has 78 valence electrons. The Hall–Kier alpha value is -1.26. The van der Waals surface area contributed by atoms with Gasteiger partial charge in [-0.15, -0.1) is 0 Å². The highest BCUT2D eigenvalue weighted by molar-refractivity contribution is 5.86. The maximum absolute atomic E-state index is 11.6. The highest BCUT2D eigenvalue weighted by Crippen LogP contribution is 2.22. The van der Waals surface area contributed by atoms with Crippen molar-refractivity contribution in [1.29, 1.82) is 0 Å². The lowest BCUT2D eigenvalue weighted by Gasteiger charge is -2.20. The number of carboxylic acid groups (broad SMARTS) is 1. The molecule has 1 heterocycles. The molecule has 1 aliphatic carbocycles. The average Bonchev–Trinajstić information content (AvgIpc) is 2.81. The molecular weight excluding hydrogens is 184 g/mol. The summed E-state index contributed by atoms with van der Waals surface area (Å²) in [6.45, 7) is 0.484. The summed E-state index contributed by atoms with van der Waals surface area (Å²) in [7, 11) is 0. The minimum atomic E-state index is -0.988. The Morgan fingerprint density at radius 1 is 1.29 bits per heavy atom. The summed E-state index contributed by atoms with van der Waals surface area (Å²) in [5.74, 6) is -0.118. The van der Waals surface area contributed by atoms with Crippen LogP contribution in [0, 0.1) is 0 Å². The molecule has 0 radical (unpaired) electrons. The number of likely N-dealkylation sites (tertiary alicyclic amines) is 1. The van der Waals surface area contributed by atoms with Gasteiger partial charge in [0.2, 0.25) is 5.91 Å². The van der Waals surface area contributed by atoms with Crippen LogP contribution < -0.4 is 5.32 Å². The van der Waals surface area contributed by atoms with Crippen molar-refractivity contribution in [3.63, 3.8) is 0 Å². The van der Waals surface area contributed by atoms with Crippen LogP contribution in [0.25, 0.3) is 0 Å². The molecule has 0 aromatic heterocycles. The summed E-state index contributed by atoms with van der Waals surface area (Å²) in [5, 5.41) is 11.7. The van der Waals surface area contributed by atoms with Gasteiger partial charge in [0.15, 0.2) is 0 Å². The SMILES string of the molecule is O=C(NC1CC1)[C@@H]1CCCN1C(=O)O. The van der Waals surface area contributed by atoms with E-state index in [1.165, 1.54) is 4.90 Å². The van der Waals surface area contributed by atoms with Gasteiger partial charge in [0.25, 0.3) is 0 Å². The first kappa shape index (κ1) is 9.30. The second-order valence-corrected chi connectivity index (χ2v) is 3.92. The molecule has 2 rings (SSSR count). The average molecular weight is 198 g/mol. The fourth-order valence-corrected chi connectivity index (χ4v) is 1.79. The van der Waals surface area contributed by atoms with Crippen LogP contribution >= 0.6 is 0 Å². The smallest absolute Gasteiger partial charge is 0.407 e. The van der Waals surface area contributed by atoms with Gasteiger partial charge in [-0.1, -0.05) is 0 Å². The number of hydrogen-bond donors (Lipinski definition) is 2. The molecule has 14 heavy (non-hydrogen) atoms. The Kier molecular flexibility index (Phi) is 2.31. The topological polar surface area (TPSA) is 69.6 Å². The fraction of sp³-hybridized carbons (Fsp3) is 0.778. The maximum atomic E-state index is 11.6. The van der Waals surface area contributed by atoms with Gasteiger partial charge in [-0.2, -0.15) is 0 Å². The van der Waals surface area contributed by atoms with Gasteiger partial charge in [0.05, 0.1) is 0 Å². The van der Waals surface area contributed by atoms with Crippen molar-refractivity contribution in [2.45, 2.75) is 37.8 Å². The van der Waals surface area contributed by atoms with E-state index in [-0.39, 0.29) is 5.91 Å². The summed E-state index contributed by atoms with van der Waals surface area (Å²) in [4.78, 5) is 23.6. The van der Waals surface area contributed by atoms with Crippen molar-refractivity contribution in [3.05, 3.63) is 0 Å². The van der Waals surface area contributed by atoms with Crippen LogP contribution in [0.5, 0.6) is 0 Å². The van der Waals surface area contributed by atoms with E-state index in [0.29, 0.717) is 19.0 Å². The van der Waals surface area contributed by atoms with Gasteiger partial charge in [-0.3, -0.25) is 9.69 Å². The third-order valence-corrected chi connectivity index (χ3v) is 2.72. The maximum Gasteiger partial charge on any atom is 0.407 e. The van der Waals surface area contributed by atoms with Gasteiger partial charge in [0, 0.05) is 12.6 Å². The molecule has 0 bridgehead atoms. The third kappa shape index (κ3) is 1.81. The quantitative estimate of drug-likeness (QED) is 0.675. The molecule has 5 nitrogen and oxygen atoms in total. The van der Waals surface area contributed by atoms with Crippen LogP contribution in [-0.4, -0.2) is 40.6 Å². The summed E-state index contributed by atoms with van der Waals surface area (Å²) in [6.07, 6.45) is 2.52. The second kappa shape index (κ2) is 3.48. The zero-order valence-corrected chi connectivity index (χ0v) is 7.90. The molecule has 5 heteroatoms. The van der Waals surface area contributed by atoms with Crippen molar-refractivity contribution >= 4 is 12.0 Å². The molecule has 2 N–H and O–H groups in total. The van der Waals surface area contributed by atoms with Crippen LogP contribution in [-0.2, 0) is 4.79 Å². The van der Waals surface area contributed by atoms with Crippen molar-refractivity contribution < 1.29 is 14.7 Å². The summed E-state index contributed by atoms with van der Waals surface area (Å²) >= 11 is 0. The predicted molar refractivity (Wildman–Crippen MR) is 48.9 cm³/mol. The largest absolute Gasteiger partial charge is 0.465 e. The number of carbonyl (C=O) groups excluding carboxylic acids is 1. The van der Waals surface area contributed by atoms with Crippen LogP contribution in [0.1, 0.15) is 25.7 Å². The summed E-state index contributed by atoms with van der Waals surface area (Å²) < 4.78 is 0. The molecule has 1 aliphatic heterocycles. The molecule has 0 unspecified atom stereocenters. The van der Waals surface area contributed by atoms with Gasteiger partial charge in [-0.25, -0.2) is 4.79 Å². The zero-order chi connectivity index (χ0) is 10.1. The van der Waals surface area contributed by atoms with Crippen molar-refractivity contribution in [1.82, 2.24) is 10.2 Å². The van der Waals surface area contributed by atoms with E-state index < -0.39 is 12.1 Å². The molecule has 1 atom stereocenters. The zero-order valence-electron chi connectivity index (χ0n) is 7.90. The lowest BCUT2D eigenvalue weighted by Crippen LogP contribution is -2.46. The van der Waals surface area contributed by atoms with Crippen LogP contribution in [0.2, 0.25) is 0 Å². The number of hydrogen-bond acceptors (Lipinski definition) is 2.